The zero-order chi connectivity index (χ0) is 13.8. The maximum atomic E-state index is 5.86. The molecule has 0 bridgehead atoms. The molecule has 0 spiro atoms. The molecule has 2 saturated heterocycles. The molecule has 3 nitrogen and oxygen atoms in total. The van der Waals surface area contributed by atoms with Gasteiger partial charge in [0.05, 0.1) is 0 Å². The Morgan fingerprint density at radius 1 is 1.05 bits per heavy atom. The van der Waals surface area contributed by atoms with Crippen LogP contribution < -0.4 is 5.73 Å². The first-order chi connectivity index (χ1) is 9.85. The number of rotatable bonds is 4. The molecule has 1 aromatic carbocycles. The third-order valence-corrected chi connectivity index (χ3v) is 4.90. The van der Waals surface area contributed by atoms with Crippen molar-refractivity contribution in [1.29, 1.82) is 0 Å². The molecule has 2 atom stereocenters. The number of nitrogens with two attached hydrogens (primary N) is 1. The maximum absolute atomic E-state index is 5.86. The first-order valence-corrected chi connectivity index (χ1v) is 8.05. The van der Waals surface area contributed by atoms with E-state index in [0.29, 0.717) is 0 Å². The second-order valence-electron chi connectivity index (χ2n) is 6.40. The standard InChI is InChI=1S/C17H27N3/c18-11-16-7-4-9-20(13-16)17-8-10-19(14-17)12-15-5-2-1-3-6-15/h1-3,5-6,16-17H,4,7-14,18H2. The van der Waals surface area contributed by atoms with E-state index in [2.05, 4.69) is 40.1 Å². The zero-order valence-electron chi connectivity index (χ0n) is 12.4. The number of piperidine rings is 1. The van der Waals surface area contributed by atoms with Crippen LogP contribution >= 0.6 is 0 Å². The molecule has 0 saturated carbocycles. The first-order valence-electron chi connectivity index (χ1n) is 8.05. The fourth-order valence-corrected chi connectivity index (χ4v) is 3.72. The van der Waals surface area contributed by atoms with Crippen molar-refractivity contribution in [2.24, 2.45) is 11.7 Å². The average molecular weight is 273 g/mol. The molecule has 2 aliphatic heterocycles. The second kappa shape index (κ2) is 6.70. The lowest BCUT2D eigenvalue weighted by atomic mass is 9.97. The van der Waals surface area contributed by atoms with Crippen LogP contribution in [0.25, 0.3) is 0 Å². The molecule has 110 valence electrons. The molecular weight excluding hydrogens is 246 g/mol. The summed E-state index contributed by atoms with van der Waals surface area (Å²) in [5.74, 6) is 0.729. The van der Waals surface area contributed by atoms with Crippen LogP contribution in [0.2, 0.25) is 0 Å². The molecule has 0 radical (unpaired) electrons. The molecule has 2 aliphatic rings. The second-order valence-corrected chi connectivity index (χ2v) is 6.40. The van der Waals surface area contributed by atoms with Crippen molar-refractivity contribution in [1.82, 2.24) is 9.80 Å². The van der Waals surface area contributed by atoms with E-state index in [1.807, 2.05) is 0 Å². The molecule has 3 rings (SSSR count). The molecule has 0 amide bonds. The van der Waals surface area contributed by atoms with Crippen LogP contribution in [-0.2, 0) is 6.54 Å². The summed E-state index contributed by atoms with van der Waals surface area (Å²) < 4.78 is 0. The molecule has 2 heterocycles. The minimum absolute atomic E-state index is 0.729. The SMILES string of the molecule is NCC1CCCN(C2CCN(Cc3ccccc3)C2)C1. The van der Waals surface area contributed by atoms with Gasteiger partial charge in [0.1, 0.15) is 0 Å². The molecule has 20 heavy (non-hydrogen) atoms. The van der Waals surface area contributed by atoms with E-state index in [0.717, 1.165) is 25.0 Å². The fraction of sp³-hybridized carbons (Fsp3) is 0.647. The van der Waals surface area contributed by atoms with Crippen molar-refractivity contribution in [3.63, 3.8) is 0 Å². The molecule has 0 aliphatic carbocycles. The first kappa shape index (κ1) is 14.1. The zero-order valence-corrected chi connectivity index (χ0v) is 12.4. The summed E-state index contributed by atoms with van der Waals surface area (Å²) in [6.07, 6.45) is 3.98. The smallest absolute Gasteiger partial charge is 0.0235 e. The lowest BCUT2D eigenvalue weighted by molar-refractivity contribution is 0.126. The van der Waals surface area contributed by atoms with Gasteiger partial charge >= 0.3 is 0 Å². The van der Waals surface area contributed by atoms with Crippen molar-refractivity contribution in [3.8, 4) is 0 Å². The van der Waals surface area contributed by atoms with Crippen LogP contribution in [0.5, 0.6) is 0 Å². The number of hydrogen-bond donors (Lipinski definition) is 1. The minimum atomic E-state index is 0.729. The van der Waals surface area contributed by atoms with Gasteiger partial charge in [-0.25, -0.2) is 0 Å². The third-order valence-electron chi connectivity index (χ3n) is 4.90. The van der Waals surface area contributed by atoms with Gasteiger partial charge in [0.2, 0.25) is 0 Å². The predicted molar refractivity (Wildman–Crippen MR) is 83.5 cm³/mol. The van der Waals surface area contributed by atoms with Crippen molar-refractivity contribution in [3.05, 3.63) is 35.9 Å². The van der Waals surface area contributed by atoms with Gasteiger partial charge in [-0.1, -0.05) is 30.3 Å². The van der Waals surface area contributed by atoms with Gasteiger partial charge in [-0.2, -0.15) is 0 Å². The topological polar surface area (TPSA) is 32.5 Å². The Balaban J connectivity index is 1.51. The predicted octanol–water partition coefficient (Wildman–Crippen LogP) is 1.93. The van der Waals surface area contributed by atoms with Gasteiger partial charge < -0.3 is 5.73 Å². The van der Waals surface area contributed by atoms with Crippen LogP contribution in [0.15, 0.2) is 30.3 Å². The molecule has 3 heteroatoms. The Hall–Kier alpha value is -0.900. The third kappa shape index (κ3) is 3.40. The number of nitrogens with zero attached hydrogens (tertiary/aromatic N) is 2. The highest BCUT2D eigenvalue weighted by Gasteiger charge is 2.30. The lowest BCUT2D eigenvalue weighted by Gasteiger charge is -2.36. The summed E-state index contributed by atoms with van der Waals surface area (Å²) in [5.41, 5.74) is 7.29. The Labute approximate surface area is 122 Å². The fourth-order valence-electron chi connectivity index (χ4n) is 3.72. The normalized spacial score (nSPS) is 28.9. The molecule has 2 unspecified atom stereocenters. The van der Waals surface area contributed by atoms with Gasteiger partial charge in [0, 0.05) is 32.2 Å². The van der Waals surface area contributed by atoms with E-state index < -0.39 is 0 Å². The monoisotopic (exact) mass is 273 g/mol. The van der Waals surface area contributed by atoms with Gasteiger partial charge in [-0.05, 0) is 43.8 Å². The largest absolute Gasteiger partial charge is 0.330 e. The van der Waals surface area contributed by atoms with Crippen molar-refractivity contribution in [2.45, 2.75) is 31.8 Å². The van der Waals surface area contributed by atoms with E-state index in [1.165, 1.54) is 51.0 Å². The van der Waals surface area contributed by atoms with Crippen molar-refractivity contribution < 1.29 is 0 Å². The summed E-state index contributed by atoms with van der Waals surface area (Å²) >= 11 is 0. The summed E-state index contributed by atoms with van der Waals surface area (Å²) in [6, 6.07) is 11.6. The number of benzene rings is 1. The Morgan fingerprint density at radius 2 is 1.90 bits per heavy atom. The summed E-state index contributed by atoms with van der Waals surface area (Å²) in [6.45, 7) is 6.93. The summed E-state index contributed by atoms with van der Waals surface area (Å²) in [5, 5.41) is 0. The van der Waals surface area contributed by atoms with Crippen LogP contribution in [0.3, 0.4) is 0 Å². The number of likely N-dealkylation sites (tertiary alicyclic amines) is 2. The highest BCUT2D eigenvalue weighted by molar-refractivity contribution is 5.14. The van der Waals surface area contributed by atoms with Crippen LogP contribution in [0.4, 0.5) is 0 Å². The van der Waals surface area contributed by atoms with E-state index in [4.69, 9.17) is 5.73 Å². The van der Waals surface area contributed by atoms with Gasteiger partial charge in [-0.15, -0.1) is 0 Å². The van der Waals surface area contributed by atoms with Gasteiger partial charge in [-0.3, -0.25) is 9.80 Å². The van der Waals surface area contributed by atoms with Crippen LogP contribution in [-0.4, -0.2) is 48.6 Å². The van der Waals surface area contributed by atoms with Gasteiger partial charge in [0.15, 0.2) is 0 Å². The highest BCUT2D eigenvalue weighted by atomic mass is 15.3. The van der Waals surface area contributed by atoms with E-state index >= 15 is 0 Å². The van der Waals surface area contributed by atoms with E-state index in [1.54, 1.807) is 0 Å². The van der Waals surface area contributed by atoms with Crippen LogP contribution in [0, 0.1) is 5.92 Å². The quantitative estimate of drug-likeness (QED) is 0.910. The van der Waals surface area contributed by atoms with Gasteiger partial charge in [0.25, 0.3) is 0 Å². The summed E-state index contributed by atoms with van der Waals surface area (Å²) in [7, 11) is 0. The lowest BCUT2D eigenvalue weighted by Crippen LogP contribution is -2.45. The molecule has 2 fully saturated rings. The molecule has 1 aromatic rings. The highest BCUT2D eigenvalue weighted by Crippen LogP contribution is 2.23. The Morgan fingerprint density at radius 3 is 2.70 bits per heavy atom. The Kier molecular flexibility index (Phi) is 4.71. The molecular formula is C17H27N3. The van der Waals surface area contributed by atoms with E-state index in [9.17, 15) is 0 Å². The van der Waals surface area contributed by atoms with Crippen molar-refractivity contribution >= 4 is 0 Å². The number of hydrogen-bond acceptors (Lipinski definition) is 3. The van der Waals surface area contributed by atoms with Crippen molar-refractivity contribution in [2.75, 3.05) is 32.7 Å². The Bertz CT molecular complexity index is 406. The van der Waals surface area contributed by atoms with E-state index in [-0.39, 0.29) is 0 Å². The maximum Gasteiger partial charge on any atom is 0.0235 e. The summed E-state index contributed by atoms with van der Waals surface area (Å²) in [4.78, 5) is 5.30. The minimum Gasteiger partial charge on any atom is -0.330 e. The average Bonchev–Trinajstić information content (AvgIpc) is 2.97. The molecule has 0 aromatic heterocycles. The molecule has 2 N–H and O–H groups in total. The van der Waals surface area contributed by atoms with Crippen LogP contribution in [0.1, 0.15) is 24.8 Å².